The maximum atomic E-state index is 11.5. The average molecular weight is 329 g/mol. The Morgan fingerprint density at radius 1 is 1.42 bits per heavy atom. The highest BCUT2D eigenvalue weighted by Crippen LogP contribution is 2.30. The van der Waals surface area contributed by atoms with Crippen LogP contribution in [0.1, 0.15) is 55.1 Å². The van der Waals surface area contributed by atoms with Crippen LogP contribution in [-0.4, -0.2) is 47.7 Å². The number of likely N-dealkylation sites (tertiary alicyclic amines) is 1. The smallest absolute Gasteiger partial charge is 0.336 e. The van der Waals surface area contributed by atoms with Crippen molar-refractivity contribution in [2.24, 2.45) is 0 Å². The van der Waals surface area contributed by atoms with Crippen molar-refractivity contribution in [1.82, 2.24) is 4.90 Å². The topological polar surface area (TPSA) is 67.6 Å². The molecule has 1 heterocycles. The molecular formula is C19H27N3O2. The summed E-state index contributed by atoms with van der Waals surface area (Å²) in [5.74, 6) is -0.975. The van der Waals surface area contributed by atoms with Gasteiger partial charge in [0.2, 0.25) is 0 Å². The van der Waals surface area contributed by atoms with Gasteiger partial charge in [0.15, 0.2) is 0 Å². The first-order valence-electron chi connectivity index (χ1n) is 8.67. The number of nitrogens with zero attached hydrogens (tertiary/aromatic N) is 3. The molecule has 1 aliphatic rings. The highest BCUT2D eigenvalue weighted by atomic mass is 16.4. The number of aromatic carboxylic acids is 1. The summed E-state index contributed by atoms with van der Waals surface area (Å²) in [6, 6.07) is 6.34. The summed E-state index contributed by atoms with van der Waals surface area (Å²) in [6.45, 7) is 11.3. The molecule has 0 amide bonds. The number of hydrogen-bond donors (Lipinski definition) is 1. The van der Waals surface area contributed by atoms with Gasteiger partial charge in [0, 0.05) is 37.4 Å². The first kappa shape index (κ1) is 18.3. The Morgan fingerprint density at radius 2 is 2.04 bits per heavy atom. The summed E-state index contributed by atoms with van der Waals surface area (Å²) in [7, 11) is 0. The molecule has 1 fully saturated rings. The van der Waals surface area contributed by atoms with Crippen molar-refractivity contribution in [1.29, 1.82) is 5.26 Å². The van der Waals surface area contributed by atoms with Crippen molar-refractivity contribution in [3.8, 4) is 6.07 Å². The minimum atomic E-state index is -0.975. The quantitative estimate of drug-likeness (QED) is 0.898. The summed E-state index contributed by atoms with van der Waals surface area (Å²) in [4.78, 5) is 16.3. The van der Waals surface area contributed by atoms with Gasteiger partial charge in [-0.3, -0.25) is 0 Å². The predicted molar refractivity (Wildman–Crippen MR) is 95.6 cm³/mol. The Bertz CT molecular complexity index is 641. The number of carbonyl (C=O) groups is 1. The number of benzene rings is 1. The fraction of sp³-hybridized carbons (Fsp3) is 0.579. The molecule has 1 saturated heterocycles. The van der Waals surface area contributed by atoms with Crippen molar-refractivity contribution in [2.45, 2.75) is 52.6 Å². The summed E-state index contributed by atoms with van der Waals surface area (Å²) < 4.78 is 0. The van der Waals surface area contributed by atoms with Gasteiger partial charge in [0.25, 0.3) is 0 Å². The van der Waals surface area contributed by atoms with Crippen LogP contribution in [0.4, 0.5) is 5.69 Å². The molecule has 1 aromatic carbocycles. The predicted octanol–water partition coefficient (Wildman–Crippen LogP) is 3.26. The fourth-order valence-corrected chi connectivity index (χ4v) is 3.62. The minimum absolute atomic E-state index is 0.224. The molecule has 0 radical (unpaired) electrons. The van der Waals surface area contributed by atoms with Gasteiger partial charge in [0.1, 0.15) is 0 Å². The molecule has 1 aromatic rings. The molecular weight excluding hydrogens is 302 g/mol. The van der Waals surface area contributed by atoms with E-state index in [0.29, 0.717) is 17.6 Å². The summed E-state index contributed by atoms with van der Waals surface area (Å²) in [5, 5.41) is 18.7. The fourth-order valence-electron chi connectivity index (χ4n) is 3.62. The number of rotatable bonds is 5. The van der Waals surface area contributed by atoms with E-state index in [1.165, 1.54) is 6.07 Å². The van der Waals surface area contributed by atoms with Crippen LogP contribution in [0.3, 0.4) is 0 Å². The third-order valence-corrected chi connectivity index (χ3v) is 5.06. The van der Waals surface area contributed by atoms with Crippen LogP contribution in [0.2, 0.25) is 0 Å². The second-order valence-electron chi connectivity index (χ2n) is 6.73. The lowest BCUT2D eigenvalue weighted by Crippen LogP contribution is -2.47. The van der Waals surface area contributed by atoms with Crippen molar-refractivity contribution < 1.29 is 9.90 Å². The van der Waals surface area contributed by atoms with E-state index in [1.807, 2.05) is 13.0 Å². The Morgan fingerprint density at radius 3 is 2.50 bits per heavy atom. The maximum Gasteiger partial charge on any atom is 0.336 e. The zero-order valence-electron chi connectivity index (χ0n) is 15.0. The van der Waals surface area contributed by atoms with Gasteiger partial charge in [-0.2, -0.15) is 5.26 Å². The monoisotopic (exact) mass is 329 g/mol. The number of hydrogen-bond acceptors (Lipinski definition) is 4. The van der Waals surface area contributed by atoms with Crippen molar-refractivity contribution >= 4 is 11.7 Å². The third-order valence-electron chi connectivity index (χ3n) is 5.06. The summed E-state index contributed by atoms with van der Waals surface area (Å²) in [5.41, 5.74) is 2.26. The molecule has 130 valence electrons. The zero-order chi connectivity index (χ0) is 17.9. The minimum Gasteiger partial charge on any atom is -0.478 e. The molecule has 0 spiro atoms. The SMILES string of the molecule is CCN(c1cc(C#N)cc(C(=O)O)c1C)C1CCN(C(C)C)CC1. The second kappa shape index (κ2) is 7.67. The third kappa shape index (κ3) is 3.70. The highest BCUT2D eigenvalue weighted by Gasteiger charge is 2.27. The number of anilines is 1. The van der Waals surface area contributed by atoms with Crippen LogP contribution in [0.25, 0.3) is 0 Å². The van der Waals surface area contributed by atoms with E-state index in [9.17, 15) is 15.2 Å². The Hall–Kier alpha value is -2.06. The molecule has 0 aliphatic carbocycles. The van der Waals surface area contributed by atoms with Gasteiger partial charge in [-0.1, -0.05) is 0 Å². The van der Waals surface area contributed by atoms with E-state index < -0.39 is 5.97 Å². The van der Waals surface area contributed by atoms with Crippen molar-refractivity contribution in [2.75, 3.05) is 24.5 Å². The molecule has 0 saturated carbocycles. The van der Waals surface area contributed by atoms with E-state index >= 15 is 0 Å². The standard InChI is InChI=1S/C19H27N3O2/c1-5-22(16-6-8-21(9-7-16)13(2)3)18-11-15(12-20)10-17(14(18)4)19(23)24/h10-11,13,16H,5-9H2,1-4H3,(H,23,24). The number of piperidine rings is 1. The van der Waals surface area contributed by atoms with Crippen molar-refractivity contribution in [3.05, 3.63) is 28.8 Å². The Kier molecular flexibility index (Phi) is 5.84. The van der Waals surface area contributed by atoms with Gasteiger partial charge >= 0.3 is 5.97 Å². The number of carboxylic acid groups (broad SMARTS) is 1. The van der Waals surface area contributed by atoms with Gasteiger partial charge in [-0.15, -0.1) is 0 Å². The average Bonchev–Trinajstić information content (AvgIpc) is 2.57. The number of nitriles is 1. The first-order valence-corrected chi connectivity index (χ1v) is 8.67. The molecule has 1 N–H and O–H groups in total. The van der Waals surface area contributed by atoms with Gasteiger partial charge in [-0.25, -0.2) is 4.79 Å². The summed E-state index contributed by atoms with van der Waals surface area (Å²) >= 11 is 0. The molecule has 5 heteroatoms. The molecule has 5 nitrogen and oxygen atoms in total. The molecule has 0 atom stereocenters. The van der Waals surface area contributed by atoms with Crippen LogP contribution < -0.4 is 4.90 Å². The van der Waals surface area contributed by atoms with E-state index in [4.69, 9.17) is 0 Å². The van der Waals surface area contributed by atoms with Crippen LogP contribution in [0.15, 0.2) is 12.1 Å². The summed E-state index contributed by atoms with van der Waals surface area (Å²) in [6.07, 6.45) is 2.12. The lowest BCUT2D eigenvalue weighted by atomic mass is 9.97. The Labute approximate surface area is 144 Å². The van der Waals surface area contributed by atoms with Crippen LogP contribution in [-0.2, 0) is 0 Å². The van der Waals surface area contributed by atoms with Gasteiger partial charge in [-0.05, 0) is 58.2 Å². The van der Waals surface area contributed by atoms with E-state index in [2.05, 4.69) is 36.6 Å². The van der Waals surface area contributed by atoms with Gasteiger partial charge < -0.3 is 14.9 Å². The van der Waals surface area contributed by atoms with Crippen molar-refractivity contribution in [3.63, 3.8) is 0 Å². The van der Waals surface area contributed by atoms with Crippen LogP contribution in [0, 0.1) is 18.3 Å². The van der Waals surface area contributed by atoms with E-state index in [0.717, 1.165) is 43.7 Å². The molecule has 0 unspecified atom stereocenters. The molecule has 2 rings (SSSR count). The van der Waals surface area contributed by atoms with Crippen LogP contribution in [0.5, 0.6) is 0 Å². The highest BCUT2D eigenvalue weighted by molar-refractivity contribution is 5.92. The maximum absolute atomic E-state index is 11.5. The van der Waals surface area contributed by atoms with Crippen LogP contribution >= 0.6 is 0 Å². The molecule has 24 heavy (non-hydrogen) atoms. The van der Waals surface area contributed by atoms with Gasteiger partial charge in [0.05, 0.1) is 17.2 Å². The van der Waals surface area contributed by atoms with E-state index in [1.54, 1.807) is 0 Å². The normalized spacial score (nSPS) is 16.2. The molecule has 0 bridgehead atoms. The molecule has 0 aromatic heterocycles. The lowest BCUT2D eigenvalue weighted by molar-refractivity contribution is 0.0696. The van der Waals surface area contributed by atoms with E-state index in [-0.39, 0.29) is 5.56 Å². The largest absolute Gasteiger partial charge is 0.478 e. The number of carboxylic acids is 1. The zero-order valence-corrected chi connectivity index (χ0v) is 15.0. The first-order chi connectivity index (χ1) is 11.4. The lowest BCUT2D eigenvalue weighted by Gasteiger charge is -2.41. The second-order valence-corrected chi connectivity index (χ2v) is 6.73. The molecule has 1 aliphatic heterocycles. The Balaban J connectivity index is 2.33.